The number of hydrogen-bond acceptors (Lipinski definition) is 5. The molecule has 0 saturated carbocycles. The number of hydrogen-bond donors (Lipinski definition) is 1. The molecule has 0 spiro atoms. The summed E-state index contributed by atoms with van der Waals surface area (Å²) in [7, 11) is 1.23. The van der Waals surface area contributed by atoms with Crippen molar-refractivity contribution in [2.24, 2.45) is 0 Å². The molecule has 1 aromatic carbocycles. The van der Waals surface area contributed by atoms with E-state index in [4.69, 9.17) is 16.3 Å². The maximum atomic E-state index is 12.0. The molecule has 0 bridgehead atoms. The number of halogens is 1. The number of nitro groups is 1. The Morgan fingerprint density at radius 1 is 1.50 bits per heavy atom. The summed E-state index contributed by atoms with van der Waals surface area (Å²) in [6, 6.07) is 3.93. The first-order valence-corrected chi connectivity index (χ1v) is 6.75. The lowest BCUT2D eigenvalue weighted by atomic mass is 9.84. The number of carbonyl (C=O) groups excluding carboxylic acids is 2. The molecule has 0 saturated heterocycles. The van der Waals surface area contributed by atoms with Gasteiger partial charge in [0.2, 0.25) is 5.91 Å². The Morgan fingerprint density at radius 2 is 2.18 bits per heavy atom. The molecule has 1 amide bonds. The Morgan fingerprint density at radius 3 is 2.77 bits per heavy atom. The second-order valence-corrected chi connectivity index (χ2v) is 5.21. The second kappa shape index (κ2) is 6.15. The minimum atomic E-state index is -0.686. The quantitative estimate of drug-likeness (QED) is 0.522. The normalized spacial score (nSPS) is 18.0. The van der Waals surface area contributed by atoms with Crippen LogP contribution < -0.4 is 5.32 Å². The third-order valence-corrected chi connectivity index (χ3v) is 3.78. The molecule has 1 unspecified atom stereocenters. The van der Waals surface area contributed by atoms with Gasteiger partial charge in [-0.3, -0.25) is 14.9 Å². The Hall–Kier alpha value is -2.41. The lowest BCUT2D eigenvalue weighted by Crippen LogP contribution is -2.34. The number of nitrogens with one attached hydrogen (secondary N) is 1. The van der Waals surface area contributed by atoms with Gasteiger partial charge in [-0.05, 0) is 18.6 Å². The summed E-state index contributed by atoms with van der Waals surface area (Å²) in [6.07, 6.45) is -0.0390. The zero-order valence-electron chi connectivity index (χ0n) is 11.9. The maximum Gasteiger partial charge on any atom is 0.336 e. The van der Waals surface area contributed by atoms with Crippen molar-refractivity contribution in [2.75, 3.05) is 7.11 Å². The zero-order valence-corrected chi connectivity index (χ0v) is 12.6. The summed E-state index contributed by atoms with van der Waals surface area (Å²) < 4.78 is 4.74. The fourth-order valence-corrected chi connectivity index (χ4v) is 2.71. The monoisotopic (exact) mass is 324 g/mol. The van der Waals surface area contributed by atoms with Crippen molar-refractivity contribution in [3.05, 3.63) is 50.2 Å². The molecular formula is C14H13ClN2O5. The van der Waals surface area contributed by atoms with Gasteiger partial charge in [-0.1, -0.05) is 11.6 Å². The molecule has 22 heavy (non-hydrogen) atoms. The zero-order chi connectivity index (χ0) is 16.4. The van der Waals surface area contributed by atoms with Gasteiger partial charge in [-0.2, -0.15) is 0 Å². The molecule has 1 atom stereocenters. The van der Waals surface area contributed by atoms with E-state index in [0.717, 1.165) is 0 Å². The minimum Gasteiger partial charge on any atom is -0.466 e. The summed E-state index contributed by atoms with van der Waals surface area (Å²) in [6.45, 7) is 1.57. The molecule has 0 radical (unpaired) electrons. The molecule has 0 aromatic heterocycles. The molecular weight excluding hydrogens is 312 g/mol. The molecule has 116 valence electrons. The van der Waals surface area contributed by atoms with Crippen LogP contribution in [0.25, 0.3) is 0 Å². The summed E-state index contributed by atoms with van der Waals surface area (Å²) in [5.74, 6) is -1.59. The number of methoxy groups -OCH3 is 1. The first kappa shape index (κ1) is 16.0. The molecule has 1 N–H and O–H groups in total. The number of rotatable bonds is 3. The summed E-state index contributed by atoms with van der Waals surface area (Å²) >= 11 is 6.11. The fraction of sp³-hybridized carbons (Fsp3) is 0.286. The first-order chi connectivity index (χ1) is 10.3. The molecule has 8 heteroatoms. The number of non-ortho nitro benzene ring substituents is 1. The summed E-state index contributed by atoms with van der Waals surface area (Å²) in [5.41, 5.74) is 0.790. The van der Waals surface area contributed by atoms with Crippen LogP contribution in [-0.2, 0) is 14.3 Å². The van der Waals surface area contributed by atoms with Crippen LogP contribution in [0, 0.1) is 10.1 Å². The van der Waals surface area contributed by atoms with Crippen molar-refractivity contribution in [3.63, 3.8) is 0 Å². The van der Waals surface area contributed by atoms with Gasteiger partial charge in [0.05, 0.1) is 17.6 Å². The summed E-state index contributed by atoms with van der Waals surface area (Å²) in [4.78, 5) is 34.1. The predicted octanol–water partition coefficient (Wildman–Crippen LogP) is 2.30. The van der Waals surface area contributed by atoms with Gasteiger partial charge in [0, 0.05) is 35.2 Å². The highest BCUT2D eigenvalue weighted by molar-refractivity contribution is 6.31. The van der Waals surface area contributed by atoms with Gasteiger partial charge >= 0.3 is 5.97 Å². The number of allylic oxidation sites excluding steroid dienone is 1. The first-order valence-electron chi connectivity index (χ1n) is 6.38. The molecule has 1 aliphatic heterocycles. The second-order valence-electron chi connectivity index (χ2n) is 4.80. The van der Waals surface area contributed by atoms with E-state index in [-0.39, 0.29) is 28.6 Å². The lowest BCUT2D eigenvalue weighted by Gasteiger charge is -2.26. The van der Waals surface area contributed by atoms with Gasteiger partial charge in [0.1, 0.15) is 0 Å². The van der Waals surface area contributed by atoms with Crippen molar-refractivity contribution in [2.45, 2.75) is 19.3 Å². The van der Waals surface area contributed by atoms with Crippen LogP contribution in [0.1, 0.15) is 24.8 Å². The standard InChI is InChI=1S/C14H13ClN2O5/c1-7-13(14(19)22-2)10(6-12(18)16-7)9-5-8(17(20)21)3-4-11(9)15/h3-5,10H,6H2,1-2H3,(H,16,18). The maximum absolute atomic E-state index is 12.0. The van der Waals surface area contributed by atoms with Crippen LogP contribution in [0.4, 0.5) is 5.69 Å². The highest BCUT2D eigenvalue weighted by atomic mass is 35.5. The SMILES string of the molecule is COC(=O)C1=C(C)NC(=O)CC1c1cc([N+](=O)[O-])ccc1Cl. The van der Waals surface area contributed by atoms with E-state index in [0.29, 0.717) is 11.3 Å². The topological polar surface area (TPSA) is 98.5 Å². The van der Waals surface area contributed by atoms with E-state index < -0.39 is 16.8 Å². The number of benzene rings is 1. The molecule has 1 heterocycles. The fourth-order valence-electron chi connectivity index (χ4n) is 2.46. The van der Waals surface area contributed by atoms with Gasteiger partial charge in [-0.25, -0.2) is 4.79 Å². The molecule has 0 aliphatic carbocycles. The number of carbonyl (C=O) groups is 2. The third kappa shape index (κ3) is 2.94. The molecule has 1 aliphatic rings. The molecule has 0 fully saturated rings. The third-order valence-electron chi connectivity index (χ3n) is 3.44. The Balaban J connectivity index is 2.60. The highest BCUT2D eigenvalue weighted by Crippen LogP contribution is 2.38. The molecule has 1 aromatic rings. The lowest BCUT2D eigenvalue weighted by molar-refractivity contribution is -0.384. The number of nitro benzene ring substituents is 1. The van der Waals surface area contributed by atoms with E-state index in [1.807, 2.05) is 0 Å². The van der Waals surface area contributed by atoms with Crippen molar-refractivity contribution >= 4 is 29.2 Å². The van der Waals surface area contributed by atoms with Crippen LogP contribution in [0.5, 0.6) is 0 Å². The van der Waals surface area contributed by atoms with Crippen molar-refractivity contribution < 1.29 is 19.2 Å². The van der Waals surface area contributed by atoms with E-state index in [1.54, 1.807) is 6.92 Å². The Kier molecular flexibility index (Phi) is 4.46. The average Bonchev–Trinajstić information content (AvgIpc) is 2.46. The average molecular weight is 325 g/mol. The predicted molar refractivity (Wildman–Crippen MR) is 78.3 cm³/mol. The van der Waals surface area contributed by atoms with Crippen molar-refractivity contribution in [1.82, 2.24) is 5.32 Å². The van der Waals surface area contributed by atoms with Crippen LogP contribution in [0.3, 0.4) is 0 Å². The molecule has 2 rings (SSSR count). The van der Waals surface area contributed by atoms with Crippen molar-refractivity contribution in [1.29, 1.82) is 0 Å². The Labute approximate surface area is 131 Å². The largest absolute Gasteiger partial charge is 0.466 e. The van der Waals surface area contributed by atoms with Gasteiger partial charge in [0.15, 0.2) is 0 Å². The van der Waals surface area contributed by atoms with E-state index in [2.05, 4.69) is 5.32 Å². The molecule has 7 nitrogen and oxygen atoms in total. The smallest absolute Gasteiger partial charge is 0.336 e. The van der Waals surface area contributed by atoms with E-state index >= 15 is 0 Å². The van der Waals surface area contributed by atoms with E-state index in [1.165, 1.54) is 25.3 Å². The Bertz CT molecular complexity index is 698. The number of ether oxygens (including phenoxy) is 1. The van der Waals surface area contributed by atoms with Crippen LogP contribution >= 0.6 is 11.6 Å². The summed E-state index contributed by atoms with van der Waals surface area (Å²) in [5, 5.41) is 13.7. The van der Waals surface area contributed by atoms with Crippen LogP contribution in [-0.4, -0.2) is 23.9 Å². The number of esters is 1. The van der Waals surface area contributed by atoms with Gasteiger partial charge in [-0.15, -0.1) is 0 Å². The highest BCUT2D eigenvalue weighted by Gasteiger charge is 2.34. The van der Waals surface area contributed by atoms with Gasteiger partial charge in [0.25, 0.3) is 5.69 Å². The number of amides is 1. The van der Waals surface area contributed by atoms with E-state index in [9.17, 15) is 19.7 Å². The van der Waals surface area contributed by atoms with Crippen LogP contribution in [0.15, 0.2) is 29.5 Å². The van der Waals surface area contributed by atoms with Crippen LogP contribution in [0.2, 0.25) is 5.02 Å². The minimum absolute atomic E-state index is 0.0390. The number of nitrogens with zero attached hydrogens (tertiary/aromatic N) is 1. The van der Waals surface area contributed by atoms with Crippen molar-refractivity contribution in [3.8, 4) is 0 Å². The van der Waals surface area contributed by atoms with Gasteiger partial charge < -0.3 is 10.1 Å².